The van der Waals surface area contributed by atoms with E-state index in [1.165, 1.54) is 0 Å². The van der Waals surface area contributed by atoms with Gasteiger partial charge in [0.2, 0.25) is 11.8 Å². The number of benzene rings is 1. The lowest BCUT2D eigenvalue weighted by Gasteiger charge is -2.25. The van der Waals surface area contributed by atoms with Gasteiger partial charge in [-0.3, -0.25) is 19.8 Å². The Morgan fingerprint density at radius 3 is 2.40 bits per heavy atom. The van der Waals surface area contributed by atoms with Crippen molar-refractivity contribution in [1.29, 1.82) is 0 Å². The number of amides is 2. The molecule has 2 rings (SSSR count). The van der Waals surface area contributed by atoms with E-state index in [9.17, 15) is 9.59 Å². The van der Waals surface area contributed by atoms with Crippen LogP contribution in [0.1, 0.15) is 17.5 Å². The molecule has 1 fully saturated rings. The summed E-state index contributed by atoms with van der Waals surface area (Å²) in [5.74, 6) is 5.29. The van der Waals surface area contributed by atoms with Crippen molar-refractivity contribution in [2.75, 3.05) is 19.7 Å². The first-order valence-electron chi connectivity index (χ1n) is 6.41. The van der Waals surface area contributed by atoms with Gasteiger partial charge in [-0.15, -0.1) is 0 Å². The van der Waals surface area contributed by atoms with Crippen molar-refractivity contribution in [2.24, 2.45) is 0 Å². The number of aliphatic hydroxyl groups excluding tert-OH is 1. The second-order valence-electron chi connectivity index (χ2n) is 4.59. The third kappa shape index (κ3) is 4.19. The highest BCUT2D eigenvalue weighted by atomic mass is 16.2. The molecule has 104 valence electrons. The smallest absolute Gasteiger partial charge is 0.240 e. The predicted octanol–water partition coefficient (Wildman–Crippen LogP) is -0.121. The fourth-order valence-corrected chi connectivity index (χ4v) is 1.98. The van der Waals surface area contributed by atoms with Crippen LogP contribution >= 0.6 is 0 Å². The molecule has 1 aliphatic rings. The molecule has 0 atom stereocenters. The van der Waals surface area contributed by atoms with Gasteiger partial charge in [0, 0.05) is 18.5 Å². The van der Waals surface area contributed by atoms with E-state index in [0.29, 0.717) is 13.0 Å². The van der Waals surface area contributed by atoms with Crippen LogP contribution in [0.5, 0.6) is 0 Å². The molecule has 0 aromatic heterocycles. The van der Waals surface area contributed by atoms with Crippen molar-refractivity contribution < 1.29 is 14.7 Å². The largest absolute Gasteiger partial charge is 0.395 e. The molecule has 2 N–H and O–H groups in total. The molecule has 0 aliphatic carbocycles. The Hall–Kier alpha value is -2.16. The molecule has 20 heavy (non-hydrogen) atoms. The van der Waals surface area contributed by atoms with Gasteiger partial charge in [-0.1, -0.05) is 24.0 Å². The lowest BCUT2D eigenvalue weighted by Crippen LogP contribution is -2.50. The molecule has 0 saturated carbocycles. The zero-order valence-corrected chi connectivity index (χ0v) is 11.1. The number of rotatable bonds is 3. The molecule has 1 aromatic rings. The Morgan fingerprint density at radius 2 is 1.80 bits per heavy atom. The van der Waals surface area contributed by atoms with E-state index < -0.39 is 0 Å². The van der Waals surface area contributed by atoms with Gasteiger partial charge in [-0.05, 0) is 17.7 Å². The molecule has 0 radical (unpaired) electrons. The van der Waals surface area contributed by atoms with Crippen molar-refractivity contribution in [3.8, 4) is 11.8 Å². The van der Waals surface area contributed by atoms with Gasteiger partial charge in [0.1, 0.15) is 0 Å². The predicted molar refractivity (Wildman–Crippen MR) is 73.4 cm³/mol. The molecule has 0 bridgehead atoms. The zero-order valence-electron chi connectivity index (χ0n) is 11.1. The molecule has 0 unspecified atom stereocenters. The summed E-state index contributed by atoms with van der Waals surface area (Å²) in [6, 6.07) is 7.65. The summed E-state index contributed by atoms with van der Waals surface area (Å²) in [4.78, 5) is 24.3. The third-order valence-electron chi connectivity index (χ3n) is 2.84. The molecule has 1 aliphatic heterocycles. The Balaban J connectivity index is 1.95. The van der Waals surface area contributed by atoms with E-state index in [4.69, 9.17) is 5.11 Å². The van der Waals surface area contributed by atoms with Crippen LogP contribution in [-0.2, 0) is 16.1 Å². The fraction of sp³-hybridized carbons (Fsp3) is 0.333. The molecule has 0 spiro atoms. The summed E-state index contributed by atoms with van der Waals surface area (Å²) >= 11 is 0. The molecule has 1 heterocycles. The van der Waals surface area contributed by atoms with E-state index in [1.807, 2.05) is 24.3 Å². The molecular weight excluding hydrogens is 256 g/mol. The van der Waals surface area contributed by atoms with Crippen LogP contribution in [0.15, 0.2) is 24.3 Å². The average Bonchev–Trinajstić information content (AvgIpc) is 2.40. The Bertz CT molecular complexity index is 539. The average molecular weight is 272 g/mol. The summed E-state index contributed by atoms with van der Waals surface area (Å²) in [6.07, 6.45) is 0.465. The number of hydrogen-bond acceptors (Lipinski definition) is 4. The number of imide groups is 1. The van der Waals surface area contributed by atoms with Crippen LogP contribution in [0, 0.1) is 11.8 Å². The topological polar surface area (TPSA) is 69.6 Å². The number of piperazine rings is 1. The Morgan fingerprint density at radius 1 is 1.15 bits per heavy atom. The standard InChI is InChI=1S/C15H16N2O3/c18-8-2-1-3-12-4-6-13(7-5-12)9-17-10-14(19)16-15(20)11-17/h4-7,18H,2,8-11H2,(H,16,19,20). The van der Waals surface area contributed by atoms with E-state index in [2.05, 4.69) is 17.2 Å². The maximum atomic E-state index is 11.3. The van der Waals surface area contributed by atoms with E-state index in [-0.39, 0.29) is 31.5 Å². The second-order valence-corrected chi connectivity index (χ2v) is 4.59. The highest BCUT2D eigenvalue weighted by Gasteiger charge is 2.21. The molecule has 5 heteroatoms. The third-order valence-corrected chi connectivity index (χ3v) is 2.84. The van der Waals surface area contributed by atoms with Gasteiger partial charge >= 0.3 is 0 Å². The van der Waals surface area contributed by atoms with Crippen LogP contribution in [0.25, 0.3) is 0 Å². The van der Waals surface area contributed by atoms with Gasteiger partial charge in [0.15, 0.2) is 0 Å². The van der Waals surface area contributed by atoms with Gasteiger partial charge in [0.05, 0.1) is 19.7 Å². The van der Waals surface area contributed by atoms with Crippen LogP contribution in [-0.4, -0.2) is 41.5 Å². The number of aliphatic hydroxyl groups is 1. The van der Waals surface area contributed by atoms with Crippen molar-refractivity contribution in [2.45, 2.75) is 13.0 Å². The molecular formula is C15H16N2O3. The van der Waals surface area contributed by atoms with Crippen LogP contribution in [0.2, 0.25) is 0 Å². The first-order valence-corrected chi connectivity index (χ1v) is 6.41. The minimum Gasteiger partial charge on any atom is -0.395 e. The number of nitrogens with one attached hydrogen (secondary N) is 1. The van der Waals surface area contributed by atoms with Crippen LogP contribution in [0.3, 0.4) is 0 Å². The van der Waals surface area contributed by atoms with E-state index in [1.54, 1.807) is 4.90 Å². The summed E-state index contributed by atoms with van der Waals surface area (Å²) in [7, 11) is 0. The maximum Gasteiger partial charge on any atom is 0.240 e. The number of nitrogens with zero attached hydrogens (tertiary/aromatic N) is 1. The van der Waals surface area contributed by atoms with Crippen LogP contribution in [0.4, 0.5) is 0 Å². The van der Waals surface area contributed by atoms with Crippen molar-refractivity contribution in [3.05, 3.63) is 35.4 Å². The van der Waals surface area contributed by atoms with Gasteiger partial charge < -0.3 is 5.11 Å². The second kappa shape index (κ2) is 6.85. The molecule has 5 nitrogen and oxygen atoms in total. The van der Waals surface area contributed by atoms with Crippen molar-refractivity contribution in [1.82, 2.24) is 10.2 Å². The summed E-state index contributed by atoms with van der Waals surface area (Å²) in [6.45, 7) is 1.10. The first-order chi connectivity index (χ1) is 9.67. The zero-order chi connectivity index (χ0) is 14.4. The highest BCUT2D eigenvalue weighted by molar-refractivity contribution is 5.99. The first kappa shape index (κ1) is 14.3. The minimum atomic E-state index is -0.257. The van der Waals surface area contributed by atoms with Gasteiger partial charge in [-0.2, -0.15) is 0 Å². The fourth-order valence-electron chi connectivity index (χ4n) is 1.98. The lowest BCUT2D eigenvalue weighted by molar-refractivity contribution is -0.136. The van der Waals surface area contributed by atoms with E-state index in [0.717, 1.165) is 11.1 Å². The molecule has 1 aromatic carbocycles. The number of carbonyl (C=O) groups is 2. The van der Waals surface area contributed by atoms with Crippen LogP contribution < -0.4 is 5.32 Å². The number of hydrogen-bond donors (Lipinski definition) is 2. The summed E-state index contributed by atoms with van der Waals surface area (Å²) in [5, 5.41) is 10.9. The molecule has 2 amide bonds. The van der Waals surface area contributed by atoms with Gasteiger partial charge in [-0.25, -0.2) is 0 Å². The Kier molecular flexibility index (Phi) is 4.88. The van der Waals surface area contributed by atoms with Gasteiger partial charge in [0.25, 0.3) is 0 Å². The van der Waals surface area contributed by atoms with Crippen molar-refractivity contribution >= 4 is 11.8 Å². The van der Waals surface area contributed by atoms with E-state index >= 15 is 0 Å². The lowest BCUT2D eigenvalue weighted by atomic mass is 10.1. The summed E-state index contributed by atoms with van der Waals surface area (Å²) < 4.78 is 0. The maximum absolute atomic E-state index is 11.3. The quantitative estimate of drug-likeness (QED) is 0.594. The summed E-state index contributed by atoms with van der Waals surface area (Å²) in [5.41, 5.74) is 1.91. The minimum absolute atomic E-state index is 0.0656. The Labute approximate surface area is 117 Å². The monoisotopic (exact) mass is 272 g/mol. The normalized spacial score (nSPS) is 15.4. The highest BCUT2D eigenvalue weighted by Crippen LogP contribution is 2.08. The molecule has 1 saturated heterocycles. The number of carbonyl (C=O) groups excluding carboxylic acids is 2. The van der Waals surface area contributed by atoms with Crippen molar-refractivity contribution in [3.63, 3.8) is 0 Å². The SMILES string of the molecule is O=C1CN(Cc2ccc(C#CCCO)cc2)CC(=O)N1.